The third-order valence-corrected chi connectivity index (χ3v) is 2.46. The van der Waals surface area contributed by atoms with Gasteiger partial charge in [-0.15, -0.1) is 0 Å². The van der Waals surface area contributed by atoms with Gasteiger partial charge in [0.1, 0.15) is 0 Å². The summed E-state index contributed by atoms with van der Waals surface area (Å²) in [6, 6.07) is 4.68. The summed E-state index contributed by atoms with van der Waals surface area (Å²) in [6.07, 6.45) is 0. The predicted molar refractivity (Wildman–Crippen MR) is 73.3 cm³/mol. The molecule has 0 spiro atoms. The quantitative estimate of drug-likeness (QED) is 0.776. The summed E-state index contributed by atoms with van der Waals surface area (Å²) < 4.78 is 4.88. The number of hydrogen-bond donors (Lipinski definition) is 3. The van der Waals surface area contributed by atoms with E-state index in [-0.39, 0.29) is 11.4 Å². The fraction of sp³-hybridized carbons (Fsp3) is 0.385. The number of H-pyrrole nitrogens is 1. The Balaban J connectivity index is 2.04. The largest absolute Gasteiger partial charge is 0.417 e. The van der Waals surface area contributed by atoms with Gasteiger partial charge < -0.3 is 15.1 Å². The molecule has 6 heteroatoms. The summed E-state index contributed by atoms with van der Waals surface area (Å²) in [4.78, 5) is 25.2. The maximum atomic E-state index is 11.7. The van der Waals surface area contributed by atoms with Gasteiger partial charge in [0.2, 0.25) is 0 Å². The number of aromatic nitrogens is 1. The SMILES string of the molecule is CC(C)(C)CNC(=O)Nc1ccc2oc(=O)[nH]c2c1. The Kier molecular flexibility index (Phi) is 3.33. The summed E-state index contributed by atoms with van der Waals surface area (Å²) in [5.41, 5.74) is 1.64. The third kappa shape index (κ3) is 3.61. The Morgan fingerprint density at radius 3 is 2.79 bits per heavy atom. The van der Waals surface area contributed by atoms with Crippen molar-refractivity contribution in [3.8, 4) is 0 Å². The van der Waals surface area contributed by atoms with Crippen molar-refractivity contribution in [1.82, 2.24) is 10.3 Å². The van der Waals surface area contributed by atoms with Crippen LogP contribution in [0.15, 0.2) is 27.4 Å². The molecule has 2 amide bonds. The van der Waals surface area contributed by atoms with E-state index in [0.29, 0.717) is 23.3 Å². The van der Waals surface area contributed by atoms with Crippen LogP contribution in [0.25, 0.3) is 11.1 Å². The smallest absolute Gasteiger partial charge is 0.408 e. The molecule has 0 saturated heterocycles. The van der Waals surface area contributed by atoms with E-state index in [1.807, 2.05) is 20.8 Å². The highest BCUT2D eigenvalue weighted by Crippen LogP contribution is 2.16. The van der Waals surface area contributed by atoms with E-state index < -0.39 is 5.76 Å². The van der Waals surface area contributed by atoms with Crippen LogP contribution in [0.5, 0.6) is 0 Å². The van der Waals surface area contributed by atoms with Crippen LogP contribution in [0.4, 0.5) is 10.5 Å². The van der Waals surface area contributed by atoms with Crippen LogP contribution >= 0.6 is 0 Å². The van der Waals surface area contributed by atoms with Crippen molar-refractivity contribution in [2.75, 3.05) is 11.9 Å². The number of rotatable bonds is 2. The van der Waals surface area contributed by atoms with Crippen LogP contribution < -0.4 is 16.4 Å². The Bertz CT molecular complexity index is 649. The van der Waals surface area contributed by atoms with Crippen molar-refractivity contribution in [3.63, 3.8) is 0 Å². The minimum atomic E-state index is -0.510. The number of aromatic amines is 1. The van der Waals surface area contributed by atoms with Crippen molar-refractivity contribution in [2.24, 2.45) is 5.41 Å². The zero-order valence-electron chi connectivity index (χ0n) is 11.2. The van der Waals surface area contributed by atoms with Gasteiger partial charge in [0.15, 0.2) is 5.58 Å². The van der Waals surface area contributed by atoms with E-state index in [0.717, 1.165) is 0 Å². The van der Waals surface area contributed by atoms with Gasteiger partial charge in [0, 0.05) is 12.2 Å². The number of urea groups is 1. The second kappa shape index (κ2) is 4.79. The van der Waals surface area contributed by atoms with Gasteiger partial charge in [-0.05, 0) is 23.6 Å². The van der Waals surface area contributed by atoms with Gasteiger partial charge in [-0.3, -0.25) is 4.98 Å². The van der Waals surface area contributed by atoms with Gasteiger partial charge in [-0.2, -0.15) is 0 Å². The second-order valence-electron chi connectivity index (χ2n) is 5.59. The topological polar surface area (TPSA) is 87.1 Å². The zero-order valence-corrected chi connectivity index (χ0v) is 11.2. The average Bonchev–Trinajstić information content (AvgIpc) is 2.65. The van der Waals surface area contributed by atoms with Crippen molar-refractivity contribution < 1.29 is 9.21 Å². The van der Waals surface area contributed by atoms with Crippen LogP contribution in [-0.4, -0.2) is 17.6 Å². The van der Waals surface area contributed by atoms with Gasteiger partial charge in [0.25, 0.3) is 0 Å². The fourth-order valence-electron chi connectivity index (χ4n) is 1.55. The summed E-state index contributed by atoms with van der Waals surface area (Å²) in [7, 11) is 0. The molecule has 0 atom stereocenters. The summed E-state index contributed by atoms with van der Waals surface area (Å²) in [5.74, 6) is -0.510. The van der Waals surface area contributed by atoms with Gasteiger partial charge >= 0.3 is 11.8 Å². The van der Waals surface area contributed by atoms with Gasteiger partial charge in [-0.25, -0.2) is 9.59 Å². The summed E-state index contributed by atoms with van der Waals surface area (Å²) in [5, 5.41) is 5.48. The highest BCUT2D eigenvalue weighted by Gasteiger charge is 2.12. The molecule has 0 aliphatic carbocycles. The van der Waals surface area contributed by atoms with Crippen LogP contribution in [0, 0.1) is 5.41 Å². The molecule has 19 heavy (non-hydrogen) atoms. The molecular formula is C13H17N3O3. The molecule has 0 unspecified atom stereocenters. The highest BCUT2D eigenvalue weighted by atomic mass is 16.4. The monoisotopic (exact) mass is 263 g/mol. The Morgan fingerprint density at radius 2 is 2.11 bits per heavy atom. The molecule has 2 rings (SSSR count). The molecule has 0 fully saturated rings. The number of benzene rings is 1. The molecule has 3 N–H and O–H groups in total. The first-order chi connectivity index (χ1) is 8.83. The van der Waals surface area contributed by atoms with Gasteiger partial charge in [0.05, 0.1) is 5.52 Å². The Morgan fingerprint density at radius 1 is 1.37 bits per heavy atom. The number of amides is 2. The molecule has 0 aliphatic heterocycles. The first-order valence-corrected chi connectivity index (χ1v) is 6.01. The maximum absolute atomic E-state index is 11.7. The van der Waals surface area contributed by atoms with Crippen LogP contribution in [-0.2, 0) is 0 Å². The molecule has 1 aromatic carbocycles. The summed E-state index contributed by atoms with van der Waals surface area (Å²) in [6.45, 7) is 6.68. The normalized spacial score (nSPS) is 11.5. The summed E-state index contributed by atoms with van der Waals surface area (Å²) >= 11 is 0. The molecule has 1 heterocycles. The van der Waals surface area contributed by atoms with Crippen LogP contribution in [0.3, 0.4) is 0 Å². The van der Waals surface area contributed by atoms with Crippen molar-refractivity contribution in [1.29, 1.82) is 0 Å². The molecular weight excluding hydrogens is 246 g/mol. The second-order valence-corrected chi connectivity index (χ2v) is 5.59. The standard InChI is InChI=1S/C13H17N3O3/c1-13(2,3)7-14-11(17)15-8-4-5-10-9(6-8)16-12(18)19-10/h4-6H,7H2,1-3H3,(H,16,18)(H2,14,15,17). The van der Waals surface area contributed by atoms with E-state index in [9.17, 15) is 9.59 Å². The maximum Gasteiger partial charge on any atom is 0.417 e. The highest BCUT2D eigenvalue weighted by molar-refractivity contribution is 5.91. The zero-order chi connectivity index (χ0) is 14.0. The third-order valence-electron chi connectivity index (χ3n) is 2.46. The lowest BCUT2D eigenvalue weighted by Gasteiger charge is -2.18. The number of hydrogen-bond acceptors (Lipinski definition) is 3. The Hall–Kier alpha value is -2.24. The molecule has 0 aliphatic rings. The number of nitrogens with one attached hydrogen (secondary N) is 3. The fourth-order valence-corrected chi connectivity index (χ4v) is 1.55. The van der Waals surface area contributed by atoms with E-state index >= 15 is 0 Å². The molecule has 102 valence electrons. The number of carbonyl (C=O) groups is 1. The molecule has 6 nitrogen and oxygen atoms in total. The molecule has 0 radical (unpaired) electrons. The number of oxazole rings is 1. The van der Waals surface area contributed by atoms with Crippen molar-refractivity contribution in [2.45, 2.75) is 20.8 Å². The number of anilines is 1. The first kappa shape index (κ1) is 13.2. The molecule has 2 aromatic rings. The van der Waals surface area contributed by atoms with Gasteiger partial charge in [-0.1, -0.05) is 20.8 Å². The average molecular weight is 263 g/mol. The minimum Gasteiger partial charge on any atom is -0.408 e. The van der Waals surface area contributed by atoms with E-state index in [2.05, 4.69) is 15.6 Å². The van der Waals surface area contributed by atoms with Crippen molar-refractivity contribution in [3.05, 3.63) is 28.7 Å². The Labute approximate surface area is 110 Å². The van der Waals surface area contributed by atoms with E-state index in [1.165, 1.54) is 0 Å². The lowest BCUT2D eigenvalue weighted by atomic mass is 9.97. The molecule has 0 saturated carbocycles. The lowest BCUT2D eigenvalue weighted by Crippen LogP contribution is -2.35. The van der Waals surface area contributed by atoms with Crippen LogP contribution in [0.1, 0.15) is 20.8 Å². The first-order valence-electron chi connectivity index (χ1n) is 6.01. The molecule has 0 bridgehead atoms. The number of fused-ring (bicyclic) bond motifs is 1. The predicted octanol–water partition coefficient (Wildman–Crippen LogP) is 2.29. The molecule has 1 aromatic heterocycles. The van der Waals surface area contributed by atoms with E-state index in [1.54, 1.807) is 18.2 Å². The van der Waals surface area contributed by atoms with Crippen molar-refractivity contribution >= 4 is 22.8 Å². The van der Waals surface area contributed by atoms with Crippen LogP contribution in [0.2, 0.25) is 0 Å². The van der Waals surface area contributed by atoms with E-state index in [4.69, 9.17) is 4.42 Å². The lowest BCUT2D eigenvalue weighted by molar-refractivity contribution is 0.247. The minimum absolute atomic E-state index is 0.0249. The number of carbonyl (C=O) groups excluding carboxylic acids is 1.